The van der Waals surface area contributed by atoms with Gasteiger partial charge in [0.1, 0.15) is 11.9 Å². The number of aryl methyl sites for hydroxylation is 2. The van der Waals surface area contributed by atoms with Crippen LogP contribution in [0.1, 0.15) is 28.4 Å². The van der Waals surface area contributed by atoms with Gasteiger partial charge in [-0.15, -0.1) is 0 Å². The summed E-state index contributed by atoms with van der Waals surface area (Å²) in [5.74, 6) is 0.182. The van der Waals surface area contributed by atoms with Gasteiger partial charge in [0.25, 0.3) is 0 Å². The van der Waals surface area contributed by atoms with Crippen LogP contribution in [0.15, 0.2) is 42.5 Å². The van der Waals surface area contributed by atoms with E-state index in [-0.39, 0.29) is 5.75 Å². The molecule has 2 aromatic carbocycles. The Kier molecular flexibility index (Phi) is 3.16. The molecule has 0 spiro atoms. The van der Waals surface area contributed by atoms with Gasteiger partial charge in [0.2, 0.25) is 0 Å². The van der Waals surface area contributed by atoms with Crippen molar-refractivity contribution in [3.63, 3.8) is 0 Å². The quantitative estimate of drug-likeness (QED) is 0.829. The van der Waals surface area contributed by atoms with E-state index in [0.29, 0.717) is 5.56 Å². The third-order valence-electron chi connectivity index (χ3n) is 3.03. The molecule has 0 amide bonds. The Morgan fingerprint density at radius 1 is 0.882 bits per heavy atom. The Balaban J connectivity index is 2.51. The molecule has 1 unspecified atom stereocenters. The molecule has 2 heteroatoms. The zero-order chi connectivity index (χ0) is 12.4. The van der Waals surface area contributed by atoms with Crippen LogP contribution in [0.4, 0.5) is 0 Å². The van der Waals surface area contributed by atoms with Crippen LogP contribution in [-0.2, 0) is 0 Å². The molecular weight excluding hydrogens is 212 g/mol. The van der Waals surface area contributed by atoms with Gasteiger partial charge >= 0.3 is 0 Å². The minimum absolute atomic E-state index is 0.182. The van der Waals surface area contributed by atoms with Crippen LogP contribution in [0.3, 0.4) is 0 Å². The maximum atomic E-state index is 10.3. The zero-order valence-corrected chi connectivity index (χ0v) is 10.0. The van der Waals surface area contributed by atoms with Crippen molar-refractivity contribution >= 4 is 0 Å². The molecular formula is C15H16O2. The molecule has 0 aliphatic heterocycles. The minimum atomic E-state index is -0.781. The van der Waals surface area contributed by atoms with Gasteiger partial charge in [-0.05, 0) is 30.5 Å². The standard InChI is InChI=1S/C15H16O2/c1-10-8-9-11(2)14(16)13(10)15(17)12-6-4-3-5-7-12/h3-9,15-17H,1-2H3. The lowest BCUT2D eigenvalue weighted by molar-refractivity contribution is 0.214. The van der Waals surface area contributed by atoms with Crippen molar-refractivity contribution in [2.45, 2.75) is 20.0 Å². The number of rotatable bonds is 2. The highest BCUT2D eigenvalue weighted by molar-refractivity contribution is 5.48. The van der Waals surface area contributed by atoms with Gasteiger partial charge in [-0.3, -0.25) is 0 Å². The average molecular weight is 228 g/mol. The summed E-state index contributed by atoms with van der Waals surface area (Å²) in [6.07, 6.45) is -0.781. The molecule has 88 valence electrons. The van der Waals surface area contributed by atoms with Gasteiger partial charge in [-0.1, -0.05) is 42.5 Å². The van der Waals surface area contributed by atoms with Crippen LogP contribution in [0.5, 0.6) is 5.75 Å². The monoisotopic (exact) mass is 228 g/mol. The maximum Gasteiger partial charge on any atom is 0.124 e. The van der Waals surface area contributed by atoms with Gasteiger partial charge < -0.3 is 10.2 Å². The van der Waals surface area contributed by atoms with Crippen LogP contribution in [0.25, 0.3) is 0 Å². The number of hydrogen-bond donors (Lipinski definition) is 2. The molecule has 0 aliphatic carbocycles. The summed E-state index contributed by atoms with van der Waals surface area (Å²) in [5, 5.41) is 20.4. The number of aromatic hydroxyl groups is 1. The molecule has 17 heavy (non-hydrogen) atoms. The summed E-state index contributed by atoms with van der Waals surface area (Å²) >= 11 is 0. The molecule has 0 heterocycles. The van der Waals surface area contributed by atoms with Crippen molar-refractivity contribution in [1.82, 2.24) is 0 Å². The fraction of sp³-hybridized carbons (Fsp3) is 0.200. The summed E-state index contributed by atoms with van der Waals surface area (Å²) in [7, 11) is 0. The molecule has 2 rings (SSSR count). The molecule has 0 radical (unpaired) electrons. The SMILES string of the molecule is Cc1ccc(C)c(C(O)c2ccccc2)c1O. The second-order valence-electron chi connectivity index (χ2n) is 4.27. The van der Waals surface area contributed by atoms with Crippen LogP contribution in [0.2, 0.25) is 0 Å². The number of aliphatic hydroxyl groups is 1. The van der Waals surface area contributed by atoms with E-state index >= 15 is 0 Å². The number of aliphatic hydroxyl groups excluding tert-OH is 1. The summed E-state index contributed by atoms with van der Waals surface area (Å²) in [6.45, 7) is 3.72. The Bertz CT molecular complexity index is 518. The van der Waals surface area contributed by atoms with Crippen LogP contribution < -0.4 is 0 Å². The zero-order valence-electron chi connectivity index (χ0n) is 10.0. The highest BCUT2D eigenvalue weighted by Crippen LogP contribution is 2.34. The van der Waals surface area contributed by atoms with Gasteiger partial charge in [0, 0.05) is 5.56 Å². The van der Waals surface area contributed by atoms with Crippen molar-refractivity contribution in [2.24, 2.45) is 0 Å². The van der Waals surface area contributed by atoms with Gasteiger partial charge in [-0.25, -0.2) is 0 Å². The van der Waals surface area contributed by atoms with E-state index in [1.807, 2.05) is 56.3 Å². The summed E-state index contributed by atoms with van der Waals surface area (Å²) in [5.41, 5.74) is 3.05. The highest BCUT2D eigenvalue weighted by Gasteiger charge is 2.17. The molecule has 0 bridgehead atoms. The lowest BCUT2D eigenvalue weighted by Crippen LogP contribution is -2.03. The van der Waals surface area contributed by atoms with E-state index in [2.05, 4.69) is 0 Å². The normalized spacial score (nSPS) is 12.4. The largest absolute Gasteiger partial charge is 0.507 e. The van der Waals surface area contributed by atoms with Crippen LogP contribution >= 0.6 is 0 Å². The van der Waals surface area contributed by atoms with E-state index in [1.165, 1.54) is 0 Å². The third kappa shape index (κ3) is 2.17. The third-order valence-corrected chi connectivity index (χ3v) is 3.03. The number of phenols is 1. The first kappa shape index (κ1) is 11.7. The predicted molar refractivity (Wildman–Crippen MR) is 68.1 cm³/mol. The van der Waals surface area contributed by atoms with Crippen molar-refractivity contribution in [2.75, 3.05) is 0 Å². The Morgan fingerprint density at radius 3 is 2.12 bits per heavy atom. The molecule has 2 N–H and O–H groups in total. The van der Waals surface area contributed by atoms with Crippen molar-refractivity contribution in [3.05, 3.63) is 64.7 Å². The molecule has 0 aromatic heterocycles. The predicted octanol–water partition coefficient (Wildman–Crippen LogP) is 3.09. The Hall–Kier alpha value is -1.80. The molecule has 2 nitrogen and oxygen atoms in total. The van der Waals surface area contributed by atoms with Crippen LogP contribution in [-0.4, -0.2) is 10.2 Å². The highest BCUT2D eigenvalue weighted by atomic mass is 16.3. The topological polar surface area (TPSA) is 40.5 Å². The number of benzene rings is 2. The second-order valence-corrected chi connectivity index (χ2v) is 4.27. The van der Waals surface area contributed by atoms with Crippen molar-refractivity contribution in [3.8, 4) is 5.75 Å². The molecule has 2 aromatic rings. The number of phenolic OH excluding ortho intramolecular Hbond substituents is 1. The lowest BCUT2D eigenvalue weighted by atomic mass is 9.94. The smallest absolute Gasteiger partial charge is 0.124 e. The lowest BCUT2D eigenvalue weighted by Gasteiger charge is -2.17. The van der Waals surface area contributed by atoms with E-state index in [0.717, 1.165) is 16.7 Å². The summed E-state index contributed by atoms with van der Waals surface area (Å²) < 4.78 is 0. The maximum absolute atomic E-state index is 10.3. The molecule has 0 saturated heterocycles. The first-order valence-corrected chi connectivity index (χ1v) is 5.63. The Morgan fingerprint density at radius 2 is 1.47 bits per heavy atom. The van der Waals surface area contributed by atoms with Gasteiger partial charge in [0.15, 0.2) is 0 Å². The first-order chi connectivity index (χ1) is 8.11. The summed E-state index contributed by atoms with van der Waals surface area (Å²) in [4.78, 5) is 0. The van der Waals surface area contributed by atoms with Crippen LogP contribution in [0, 0.1) is 13.8 Å². The van der Waals surface area contributed by atoms with E-state index in [1.54, 1.807) is 0 Å². The fourth-order valence-corrected chi connectivity index (χ4v) is 1.97. The van der Waals surface area contributed by atoms with E-state index in [9.17, 15) is 10.2 Å². The Labute approximate surface area is 101 Å². The molecule has 0 saturated carbocycles. The van der Waals surface area contributed by atoms with Gasteiger partial charge in [-0.2, -0.15) is 0 Å². The summed E-state index contributed by atoms with van der Waals surface area (Å²) in [6, 6.07) is 13.1. The van der Waals surface area contributed by atoms with Crippen molar-refractivity contribution < 1.29 is 10.2 Å². The number of hydrogen-bond acceptors (Lipinski definition) is 2. The first-order valence-electron chi connectivity index (χ1n) is 5.63. The minimum Gasteiger partial charge on any atom is -0.507 e. The fourth-order valence-electron chi connectivity index (χ4n) is 1.97. The van der Waals surface area contributed by atoms with Crippen molar-refractivity contribution in [1.29, 1.82) is 0 Å². The van der Waals surface area contributed by atoms with Gasteiger partial charge in [0.05, 0.1) is 0 Å². The molecule has 1 atom stereocenters. The average Bonchev–Trinajstić information content (AvgIpc) is 2.35. The molecule has 0 fully saturated rings. The molecule has 0 aliphatic rings. The second kappa shape index (κ2) is 4.60. The van der Waals surface area contributed by atoms with E-state index in [4.69, 9.17) is 0 Å². The van der Waals surface area contributed by atoms with E-state index < -0.39 is 6.10 Å².